The zero-order valence-electron chi connectivity index (χ0n) is 8.49. The highest BCUT2D eigenvalue weighted by Crippen LogP contribution is 2.29. The molecule has 0 aliphatic carbocycles. The van der Waals surface area contributed by atoms with Crippen molar-refractivity contribution in [1.82, 2.24) is 0 Å². The van der Waals surface area contributed by atoms with Gasteiger partial charge in [-0.25, -0.2) is 0 Å². The van der Waals surface area contributed by atoms with Crippen LogP contribution in [0.1, 0.15) is 5.56 Å². The molecule has 82 valence electrons. The number of hydrogen-bond donors (Lipinski definition) is 0. The molecule has 0 radical (unpaired) electrons. The predicted molar refractivity (Wildman–Crippen MR) is 75.2 cm³/mol. The van der Waals surface area contributed by atoms with Crippen molar-refractivity contribution in [2.45, 2.75) is 10.6 Å². The summed E-state index contributed by atoms with van der Waals surface area (Å²) >= 11 is 11.3. The van der Waals surface area contributed by atoms with E-state index in [0.717, 1.165) is 20.1 Å². The Hall–Kier alpha value is -0.440. The molecule has 2 aromatic rings. The van der Waals surface area contributed by atoms with Crippen LogP contribution in [-0.2, 0) is 5.75 Å². The summed E-state index contributed by atoms with van der Waals surface area (Å²) in [5.74, 6) is 0.934. The van der Waals surface area contributed by atoms with Gasteiger partial charge in [-0.2, -0.15) is 0 Å². The maximum Gasteiger partial charge on any atom is 0.0541 e. The Morgan fingerprint density at radius 1 is 1.06 bits per heavy atom. The fourth-order valence-electron chi connectivity index (χ4n) is 1.35. The van der Waals surface area contributed by atoms with Crippen LogP contribution in [0.15, 0.2) is 57.9 Å². The Morgan fingerprint density at radius 2 is 1.88 bits per heavy atom. The first-order chi connectivity index (χ1) is 7.75. The van der Waals surface area contributed by atoms with Crippen LogP contribution in [0, 0.1) is 0 Å². The molecule has 0 atom stereocenters. The van der Waals surface area contributed by atoms with E-state index in [9.17, 15) is 0 Å². The second-order valence-corrected chi connectivity index (χ2v) is 5.69. The minimum Gasteiger partial charge on any atom is -0.120 e. The van der Waals surface area contributed by atoms with E-state index < -0.39 is 0 Å². The van der Waals surface area contributed by atoms with Crippen LogP contribution in [0.5, 0.6) is 0 Å². The largest absolute Gasteiger partial charge is 0.120 e. The smallest absolute Gasteiger partial charge is 0.0541 e. The molecule has 0 aromatic heterocycles. The molecule has 0 nitrogen and oxygen atoms in total. The monoisotopic (exact) mass is 312 g/mol. The van der Waals surface area contributed by atoms with E-state index in [1.54, 1.807) is 11.8 Å². The molecule has 0 amide bonds. The molecule has 0 fully saturated rings. The van der Waals surface area contributed by atoms with Gasteiger partial charge in [0.2, 0.25) is 0 Å². The SMILES string of the molecule is Clc1ccccc1SCc1cccc(Br)c1. The lowest BCUT2D eigenvalue weighted by molar-refractivity contribution is 1.37. The number of halogens is 2. The summed E-state index contributed by atoms with van der Waals surface area (Å²) in [6.45, 7) is 0. The highest BCUT2D eigenvalue weighted by Gasteiger charge is 2.00. The van der Waals surface area contributed by atoms with Crippen LogP contribution in [0.25, 0.3) is 0 Å². The summed E-state index contributed by atoms with van der Waals surface area (Å²) in [6, 6.07) is 16.3. The molecule has 0 unspecified atom stereocenters. The van der Waals surface area contributed by atoms with Crippen LogP contribution < -0.4 is 0 Å². The summed E-state index contributed by atoms with van der Waals surface area (Å²) in [5.41, 5.74) is 1.29. The topological polar surface area (TPSA) is 0 Å². The lowest BCUT2D eigenvalue weighted by Crippen LogP contribution is -1.81. The van der Waals surface area contributed by atoms with Gasteiger partial charge in [-0.15, -0.1) is 11.8 Å². The van der Waals surface area contributed by atoms with Crippen molar-refractivity contribution in [3.8, 4) is 0 Å². The first kappa shape index (κ1) is 12.0. The predicted octanol–water partition coefficient (Wildman–Crippen LogP) is 5.39. The molecule has 0 N–H and O–H groups in total. The van der Waals surface area contributed by atoms with Gasteiger partial charge >= 0.3 is 0 Å². The summed E-state index contributed by atoms with van der Waals surface area (Å²) in [7, 11) is 0. The molecular formula is C13H10BrClS. The third-order valence-electron chi connectivity index (χ3n) is 2.12. The van der Waals surface area contributed by atoms with Gasteiger partial charge in [-0.05, 0) is 29.8 Å². The average molecular weight is 314 g/mol. The van der Waals surface area contributed by atoms with Crippen LogP contribution in [0.3, 0.4) is 0 Å². The summed E-state index contributed by atoms with van der Waals surface area (Å²) in [5, 5.41) is 0.822. The normalized spacial score (nSPS) is 10.4. The quantitative estimate of drug-likeness (QED) is 0.684. The van der Waals surface area contributed by atoms with Crippen molar-refractivity contribution in [1.29, 1.82) is 0 Å². The minimum atomic E-state index is 0.822. The highest BCUT2D eigenvalue weighted by molar-refractivity contribution is 9.10. The second kappa shape index (κ2) is 5.76. The Balaban J connectivity index is 2.05. The van der Waals surface area contributed by atoms with Crippen molar-refractivity contribution < 1.29 is 0 Å². The van der Waals surface area contributed by atoms with E-state index >= 15 is 0 Å². The molecule has 0 saturated heterocycles. The van der Waals surface area contributed by atoms with Crippen LogP contribution >= 0.6 is 39.3 Å². The highest BCUT2D eigenvalue weighted by atomic mass is 79.9. The zero-order chi connectivity index (χ0) is 11.4. The van der Waals surface area contributed by atoms with Crippen LogP contribution in [0.4, 0.5) is 0 Å². The van der Waals surface area contributed by atoms with Gasteiger partial charge in [0.25, 0.3) is 0 Å². The molecule has 0 bridgehead atoms. The summed E-state index contributed by atoms with van der Waals surface area (Å²) < 4.78 is 1.12. The van der Waals surface area contributed by atoms with Gasteiger partial charge in [0.15, 0.2) is 0 Å². The van der Waals surface area contributed by atoms with Gasteiger partial charge < -0.3 is 0 Å². The number of thioether (sulfide) groups is 1. The minimum absolute atomic E-state index is 0.822. The van der Waals surface area contributed by atoms with E-state index in [0.29, 0.717) is 0 Å². The first-order valence-electron chi connectivity index (χ1n) is 4.87. The second-order valence-electron chi connectivity index (χ2n) is 3.35. The summed E-state index contributed by atoms with van der Waals surface area (Å²) in [6.07, 6.45) is 0. The third-order valence-corrected chi connectivity index (χ3v) is 4.20. The Bertz CT molecular complexity index is 485. The van der Waals surface area contributed by atoms with Gasteiger partial charge in [-0.3, -0.25) is 0 Å². The maximum atomic E-state index is 6.09. The molecule has 2 aromatic carbocycles. The number of benzene rings is 2. The van der Waals surface area contributed by atoms with E-state index in [2.05, 4.69) is 28.1 Å². The molecule has 16 heavy (non-hydrogen) atoms. The average Bonchev–Trinajstić information content (AvgIpc) is 2.28. The number of hydrogen-bond acceptors (Lipinski definition) is 1. The van der Waals surface area contributed by atoms with Crippen molar-refractivity contribution in [2.75, 3.05) is 0 Å². The maximum absolute atomic E-state index is 6.09. The molecular weight excluding hydrogens is 304 g/mol. The van der Waals surface area contributed by atoms with E-state index in [4.69, 9.17) is 11.6 Å². The summed E-state index contributed by atoms with van der Waals surface area (Å²) in [4.78, 5) is 1.13. The lowest BCUT2D eigenvalue weighted by atomic mass is 10.2. The van der Waals surface area contributed by atoms with Crippen molar-refractivity contribution >= 4 is 39.3 Å². The molecule has 0 aliphatic heterocycles. The van der Waals surface area contributed by atoms with E-state index in [-0.39, 0.29) is 0 Å². The van der Waals surface area contributed by atoms with Crippen molar-refractivity contribution in [3.63, 3.8) is 0 Å². The zero-order valence-corrected chi connectivity index (χ0v) is 11.6. The van der Waals surface area contributed by atoms with Crippen molar-refractivity contribution in [3.05, 3.63) is 63.6 Å². The Kier molecular flexibility index (Phi) is 4.33. The number of rotatable bonds is 3. The van der Waals surface area contributed by atoms with Gasteiger partial charge in [0.1, 0.15) is 0 Å². The Morgan fingerprint density at radius 3 is 2.62 bits per heavy atom. The molecule has 2 rings (SSSR count). The molecule has 0 saturated carbocycles. The van der Waals surface area contributed by atoms with E-state index in [1.165, 1.54) is 5.56 Å². The molecule has 0 spiro atoms. The van der Waals surface area contributed by atoms with E-state index in [1.807, 2.05) is 36.4 Å². The third kappa shape index (κ3) is 3.27. The van der Waals surface area contributed by atoms with Gasteiger partial charge in [-0.1, -0.05) is 51.8 Å². The molecule has 3 heteroatoms. The van der Waals surface area contributed by atoms with Gasteiger partial charge in [0, 0.05) is 15.1 Å². The fraction of sp³-hybridized carbons (Fsp3) is 0.0769. The fourth-order valence-corrected chi connectivity index (χ4v) is 2.98. The standard InChI is InChI=1S/C13H10BrClS/c14-11-5-3-4-10(8-11)9-16-13-7-2-1-6-12(13)15/h1-8H,9H2. The first-order valence-corrected chi connectivity index (χ1v) is 7.03. The lowest BCUT2D eigenvalue weighted by Gasteiger charge is -2.04. The van der Waals surface area contributed by atoms with Gasteiger partial charge in [0.05, 0.1) is 5.02 Å². The van der Waals surface area contributed by atoms with Crippen LogP contribution in [-0.4, -0.2) is 0 Å². The molecule has 0 aliphatic rings. The Labute approximate surface area is 113 Å². The molecule has 0 heterocycles. The van der Waals surface area contributed by atoms with Crippen molar-refractivity contribution in [2.24, 2.45) is 0 Å². The van der Waals surface area contributed by atoms with Crippen LogP contribution in [0.2, 0.25) is 5.02 Å².